The molecule has 1 aliphatic carbocycles. The maximum Gasteiger partial charge on any atom is 0.200 e. The first kappa shape index (κ1) is 25.5. The molecule has 35 heavy (non-hydrogen) atoms. The van der Waals surface area contributed by atoms with Crippen molar-refractivity contribution >= 4 is 23.4 Å². The van der Waals surface area contributed by atoms with Gasteiger partial charge < -0.3 is 14.6 Å². The molecule has 2 aromatic rings. The Hall–Kier alpha value is -4.12. The van der Waals surface area contributed by atoms with Crippen LogP contribution >= 0.6 is 0 Å². The van der Waals surface area contributed by atoms with E-state index >= 15 is 0 Å². The number of carbonyl (C=O) groups is 2. The summed E-state index contributed by atoms with van der Waals surface area (Å²) >= 11 is 0. The fourth-order valence-electron chi connectivity index (χ4n) is 4.40. The molecule has 0 aromatic heterocycles. The zero-order valence-electron chi connectivity index (χ0n) is 20.1. The minimum atomic E-state index is -1.23. The van der Waals surface area contributed by atoms with Crippen LogP contribution in [0, 0.1) is 5.41 Å². The number of hydrogen-bond acceptors (Lipinski definition) is 5. The summed E-state index contributed by atoms with van der Waals surface area (Å²) in [6.45, 7) is 7.62. The molecule has 1 atom stereocenters. The van der Waals surface area contributed by atoms with E-state index in [9.17, 15) is 14.7 Å². The maximum absolute atomic E-state index is 14.0. The smallest absolute Gasteiger partial charge is 0.200 e. The van der Waals surface area contributed by atoms with Crippen LogP contribution in [0.15, 0.2) is 103 Å². The van der Waals surface area contributed by atoms with E-state index in [0.717, 1.165) is 11.3 Å². The number of methoxy groups -OCH3 is 2. The Bertz CT molecular complexity index is 1200. The molecule has 0 saturated heterocycles. The highest BCUT2D eigenvalue weighted by molar-refractivity contribution is 6.34. The first-order valence-corrected chi connectivity index (χ1v) is 11.3. The van der Waals surface area contributed by atoms with E-state index in [-0.39, 0.29) is 36.4 Å². The third-order valence-electron chi connectivity index (χ3n) is 6.09. The minimum Gasteiger partial charge on any atom is -0.506 e. The largest absolute Gasteiger partial charge is 0.506 e. The lowest BCUT2D eigenvalue weighted by Gasteiger charge is -2.37. The molecule has 1 aliphatic rings. The maximum atomic E-state index is 14.0. The topological polar surface area (TPSA) is 72.8 Å². The Balaban J connectivity index is 2.17. The zero-order valence-corrected chi connectivity index (χ0v) is 20.1. The second-order valence-electron chi connectivity index (χ2n) is 8.21. The third-order valence-corrected chi connectivity index (χ3v) is 6.09. The van der Waals surface area contributed by atoms with Crippen LogP contribution in [0.5, 0.6) is 5.75 Å². The molecular weight excluding hydrogens is 440 g/mol. The number of aliphatic hydroxyl groups excluding tert-OH is 1. The van der Waals surface area contributed by atoms with Gasteiger partial charge >= 0.3 is 0 Å². The van der Waals surface area contributed by atoms with Gasteiger partial charge in [-0.2, -0.15) is 0 Å². The van der Waals surface area contributed by atoms with E-state index < -0.39 is 17.0 Å². The average Bonchev–Trinajstić information content (AvgIpc) is 2.88. The molecule has 0 heterocycles. The van der Waals surface area contributed by atoms with Gasteiger partial charge in [-0.1, -0.05) is 66.8 Å². The molecule has 2 aromatic carbocycles. The summed E-state index contributed by atoms with van der Waals surface area (Å²) in [5.41, 5.74) is 0.150. The number of hydrogen-bond donors (Lipinski definition) is 1. The Morgan fingerprint density at radius 1 is 0.943 bits per heavy atom. The third kappa shape index (κ3) is 5.04. The van der Waals surface area contributed by atoms with Crippen LogP contribution < -0.4 is 4.74 Å². The summed E-state index contributed by atoms with van der Waals surface area (Å²) in [6.07, 6.45) is 7.66. The van der Waals surface area contributed by atoms with Crippen LogP contribution in [0.25, 0.3) is 11.8 Å². The number of Topliss-reactive ketones (excluding diaryl/α,β-unsaturated/α-hetero) is 2. The normalized spacial score (nSPS) is 19.6. The fourth-order valence-corrected chi connectivity index (χ4v) is 4.40. The van der Waals surface area contributed by atoms with Crippen LogP contribution in [0.4, 0.5) is 0 Å². The Labute approximate surface area is 206 Å². The van der Waals surface area contributed by atoms with Gasteiger partial charge in [0, 0.05) is 11.1 Å². The molecule has 1 N–H and O–H groups in total. The quantitative estimate of drug-likeness (QED) is 0.192. The molecule has 0 spiro atoms. The number of ketones is 2. The first-order chi connectivity index (χ1) is 16.9. The summed E-state index contributed by atoms with van der Waals surface area (Å²) < 4.78 is 10.9. The van der Waals surface area contributed by atoms with Crippen molar-refractivity contribution in [2.75, 3.05) is 14.2 Å². The van der Waals surface area contributed by atoms with Crippen molar-refractivity contribution in [3.05, 3.63) is 114 Å². The van der Waals surface area contributed by atoms with E-state index in [4.69, 9.17) is 9.47 Å². The highest BCUT2D eigenvalue weighted by Crippen LogP contribution is 2.47. The molecule has 1 unspecified atom stereocenters. The van der Waals surface area contributed by atoms with Crippen molar-refractivity contribution in [3.8, 4) is 5.75 Å². The van der Waals surface area contributed by atoms with Crippen molar-refractivity contribution in [3.63, 3.8) is 0 Å². The van der Waals surface area contributed by atoms with Gasteiger partial charge in [0.1, 0.15) is 22.8 Å². The number of aliphatic hydroxyl groups is 1. The van der Waals surface area contributed by atoms with Gasteiger partial charge in [-0.3, -0.25) is 9.59 Å². The summed E-state index contributed by atoms with van der Waals surface area (Å²) in [7, 11) is 3.06. The van der Waals surface area contributed by atoms with Gasteiger partial charge in [-0.05, 0) is 37.0 Å². The fraction of sp³-hybridized carbons (Fsp3) is 0.200. The molecule has 5 nitrogen and oxygen atoms in total. The van der Waals surface area contributed by atoms with E-state index in [1.165, 1.54) is 7.11 Å². The van der Waals surface area contributed by atoms with Crippen LogP contribution in [0.3, 0.4) is 0 Å². The summed E-state index contributed by atoms with van der Waals surface area (Å²) in [6, 6.07) is 16.1. The van der Waals surface area contributed by atoms with Gasteiger partial charge in [-0.15, -0.1) is 13.2 Å². The van der Waals surface area contributed by atoms with Gasteiger partial charge in [0.05, 0.1) is 19.6 Å². The van der Waals surface area contributed by atoms with Gasteiger partial charge in [0.15, 0.2) is 11.6 Å². The Morgan fingerprint density at radius 3 is 2.20 bits per heavy atom. The average molecular weight is 471 g/mol. The highest BCUT2D eigenvalue weighted by Gasteiger charge is 2.51. The molecule has 180 valence electrons. The van der Waals surface area contributed by atoms with Crippen molar-refractivity contribution in [1.29, 1.82) is 0 Å². The van der Waals surface area contributed by atoms with Crippen LogP contribution in [-0.2, 0) is 14.3 Å². The van der Waals surface area contributed by atoms with Crippen LogP contribution in [0.2, 0.25) is 0 Å². The Kier molecular flexibility index (Phi) is 8.26. The lowest BCUT2D eigenvalue weighted by atomic mass is 9.65. The molecule has 0 bridgehead atoms. The second kappa shape index (κ2) is 11.3. The minimum absolute atomic E-state index is 0.196. The number of ether oxygens (including phenoxy) is 2. The molecule has 0 fully saturated rings. The van der Waals surface area contributed by atoms with Crippen molar-refractivity contribution < 1.29 is 24.2 Å². The predicted octanol–water partition coefficient (Wildman–Crippen LogP) is 6.26. The van der Waals surface area contributed by atoms with Gasteiger partial charge in [0.2, 0.25) is 0 Å². The molecule has 0 radical (unpaired) electrons. The van der Waals surface area contributed by atoms with E-state index in [2.05, 4.69) is 13.2 Å². The van der Waals surface area contributed by atoms with Crippen molar-refractivity contribution in [1.82, 2.24) is 0 Å². The van der Waals surface area contributed by atoms with E-state index in [0.29, 0.717) is 11.1 Å². The predicted molar refractivity (Wildman–Crippen MR) is 139 cm³/mol. The van der Waals surface area contributed by atoms with Gasteiger partial charge in [-0.25, -0.2) is 0 Å². The first-order valence-electron chi connectivity index (χ1n) is 11.3. The molecule has 3 rings (SSSR count). The SMILES string of the molecule is C=CCC1=C(OC)C(CC=C)(C/C=C/c2ccc(OC)cc2)C(=O)/C(=C(\O)c2ccccc2)C1=O. The number of rotatable bonds is 10. The van der Waals surface area contributed by atoms with E-state index in [1.54, 1.807) is 49.6 Å². The number of allylic oxidation sites excluding steroid dienone is 6. The summed E-state index contributed by atoms with van der Waals surface area (Å²) in [4.78, 5) is 27.5. The Morgan fingerprint density at radius 2 is 1.63 bits per heavy atom. The monoisotopic (exact) mass is 470 g/mol. The van der Waals surface area contributed by atoms with Crippen molar-refractivity contribution in [2.24, 2.45) is 5.41 Å². The van der Waals surface area contributed by atoms with Crippen LogP contribution in [-0.4, -0.2) is 30.9 Å². The molecule has 5 heteroatoms. The highest BCUT2D eigenvalue weighted by atomic mass is 16.5. The van der Waals surface area contributed by atoms with Crippen molar-refractivity contribution in [2.45, 2.75) is 19.3 Å². The second-order valence-corrected chi connectivity index (χ2v) is 8.21. The molecule has 0 saturated carbocycles. The standard InChI is InChI=1S/C30H30O5/c1-5-11-24-27(32)25(26(31)22-13-8-7-9-14-22)28(33)30(19-6-2,29(24)35-4)20-10-12-21-15-17-23(34-3)18-16-21/h5-10,12-18,31H,1-2,11,19-20H2,3-4H3/b12-10+,26-25-. The lowest BCUT2D eigenvalue weighted by molar-refractivity contribution is -0.128. The number of benzene rings is 2. The molecular formula is C30H30O5. The van der Waals surface area contributed by atoms with Crippen LogP contribution in [0.1, 0.15) is 30.4 Å². The molecule has 0 aliphatic heterocycles. The summed E-state index contributed by atoms with van der Waals surface area (Å²) in [5, 5.41) is 11.1. The lowest BCUT2D eigenvalue weighted by Crippen LogP contribution is -2.42. The van der Waals surface area contributed by atoms with Gasteiger partial charge in [0.25, 0.3) is 0 Å². The molecule has 0 amide bonds. The van der Waals surface area contributed by atoms with E-state index in [1.807, 2.05) is 36.4 Å². The zero-order chi connectivity index (χ0) is 25.4. The summed E-state index contributed by atoms with van der Waals surface area (Å²) in [5.74, 6) is -0.350. The number of carbonyl (C=O) groups excluding carboxylic acids is 2.